The van der Waals surface area contributed by atoms with E-state index in [2.05, 4.69) is 15.0 Å². The molecule has 0 aromatic carbocycles. The second-order valence-electron chi connectivity index (χ2n) is 6.19. The van der Waals surface area contributed by atoms with Crippen molar-refractivity contribution in [3.63, 3.8) is 0 Å². The molecule has 3 heterocycles. The molecule has 1 atom stereocenters. The third kappa shape index (κ3) is 4.88. The van der Waals surface area contributed by atoms with Gasteiger partial charge in [-0.15, -0.1) is 11.3 Å². The van der Waals surface area contributed by atoms with Crippen LogP contribution in [-0.2, 0) is 16.4 Å². The molecule has 3 rings (SSSR count). The third-order valence-corrected chi connectivity index (χ3v) is 6.04. The summed E-state index contributed by atoms with van der Waals surface area (Å²) in [4.78, 5) is 20.7. The van der Waals surface area contributed by atoms with Gasteiger partial charge in [0.05, 0.1) is 17.2 Å². The minimum atomic E-state index is -3.19. The summed E-state index contributed by atoms with van der Waals surface area (Å²) in [6.45, 7) is 2.44. The van der Waals surface area contributed by atoms with Crippen LogP contribution in [0.15, 0.2) is 36.7 Å². The number of rotatable bonds is 6. The molecule has 1 amide bonds. The second kappa shape index (κ2) is 8.26. The fourth-order valence-electron chi connectivity index (χ4n) is 2.95. The van der Waals surface area contributed by atoms with Crippen LogP contribution in [-0.4, -0.2) is 56.6 Å². The van der Waals surface area contributed by atoms with Gasteiger partial charge in [0.15, 0.2) is 0 Å². The number of nitrogens with one attached hydrogen (secondary N) is 2. The van der Waals surface area contributed by atoms with Crippen LogP contribution in [0.5, 0.6) is 0 Å². The predicted octanol–water partition coefficient (Wildman–Crippen LogP) is 1.02. The lowest BCUT2D eigenvalue weighted by atomic mass is 10.1. The van der Waals surface area contributed by atoms with Crippen LogP contribution in [0, 0.1) is 0 Å². The number of amides is 1. The van der Waals surface area contributed by atoms with Gasteiger partial charge in [0.25, 0.3) is 5.91 Å². The highest BCUT2D eigenvalue weighted by Crippen LogP contribution is 2.26. The Bertz CT molecular complexity index is 852. The molecule has 9 heteroatoms. The molecule has 0 aliphatic carbocycles. The average Bonchev–Trinajstić information content (AvgIpc) is 3.10. The molecule has 1 unspecified atom stereocenters. The Balaban J connectivity index is 1.69. The Morgan fingerprint density at radius 1 is 1.42 bits per heavy atom. The van der Waals surface area contributed by atoms with Crippen molar-refractivity contribution >= 4 is 27.3 Å². The van der Waals surface area contributed by atoms with Crippen LogP contribution in [0.25, 0.3) is 0 Å². The fraction of sp³-hybridized carbons (Fsp3) is 0.412. The highest BCUT2D eigenvalue weighted by Gasteiger charge is 2.29. The molecule has 2 aromatic heterocycles. The van der Waals surface area contributed by atoms with Crippen LogP contribution in [0.1, 0.15) is 26.2 Å². The number of piperazine rings is 1. The monoisotopic (exact) mass is 394 g/mol. The van der Waals surface area contributed by atoms with Crippen molar-refractivity contribution in [2.75, 3.05) is 32.4 Å². The number of pyridine rings is 1. The topological polar surface area (TPSA) is 91.4 Å². The standard InChI is InChI=1S/C17H22N4O3S2/c1-26(23,24)20-8-6-14-4-5-16(25-14)17(22)21-10-9-19-12-15(21)13-3-2-7-18-11-13/h2-5,7,11,15,19-20H,6,8-10,12H2,1H3. The lowest BCUT2D eigenvalue weighted by Gasteiger charge is -2.36. The van der Waals surface area contributed by atoms with Crippen LogP contribution in [0.2, 0.25) is 0 Å². The van der Waals surface area contributed by atoms with E-state index in [9.17, 15) is 13.2 Å². The number of aromatic nitrogens is 1. The molecular weight excluding hydrogens is 372 g/mol. The molecule has 2 N–H and O–H groups in total. The number of carbonyl (C=O) groups excluding carboxylic acids is 1. The maximum atomic E-state index is 13.0. The summed E-state index contributed by atoms with van der Waals surface area (Å²) >= 11 is 1.42. The molecule has 1 aliphatic heterocycles. The van der Waals surface area contributed by atoms with E-state index >= 15 is 0 Å². The zero-order valence-electron chi connectivity index (χ0n) is 14.5. The van der Waals surface area contributed by atoms with E-state index in [4.69, 9.17) is 0 Å². The summed E-state index contributed by atoms with van der Waals surface area (Å²) in [6.07, 6.45) is 5.23. The summed E-state index contributed by atoms with van der Waals surface area (Å²) in [5.74, 6) is 0.00711. The van der Waals surface area contributed by atoms with Crippen LogP contribution in [0.3, 0.4) is 0 Å². The van der Waals surface area contributed by atoms with E-state index < -0.39 is 10.0 Å². The molecule has 1 aliphatic rings. The van der Waals surface area contributed by atoms with E-state index in [0.717, 1.165) is 23.2 Å². The number of hydrogen-bond acceptors (Lipinski definition) is 6. The molecule has 26 heavy (non-hydrogen) atoms. The van der Waals surface area contributed by atoms with E-state index in [1.54, 1.807) is 12.4 Å². The number of nitrogens with zero attached hydrogens (tertiary/aromatic N) is 2. The Kier molecular flexibility index (Phi) is 6.02. The van der Waals surface area contributed by atoms with Crippen molar-refractivity contribution in [1.29, 1.82) is 0 Å². The highest BCUT2D eigenvalue weighted by atomic mass is 32.2. The molecular formula is C17H22N4O3S2. The number of carbonyl (C=O) groups is 1. The molecule has 0 spiro atoms. The zero-order valence-corrected chi connectivity index (χ0v) is 16.1. The van der Waals surface area contributed by atoms with Gasteiger partial charge in [0.2, 0.25) is 10.0 Å². The fourth-order valence-corrected chi connectivity index (χ4v) is 4.38. The molecule has 1 fully saturated rings. The summed E-state index contributed by atoms with van der Waals surface area (Å²) in [5, 5.41) is 3.33. The minimum Gasteiger partial charge on any atom is -0.328 e. The Morgan fingerprint density at radius 2 is 2.27 bits per heavy atom. The van der Waals surface area contributed by atoms with Crippen molar-refractivity contribution < 1.29 is 13.2 Å². The van der Waals surface area contributed by atoms with Crippen molar-refractivity contribution in [1.82, 2.24) is 19.9 Å². The lowest BCUT2D eigenvalue weighted by molar-refractivity contribution is 0.0639. The van der Waals surface area contributed by atoms with Gasteiger partial charge < -0.3 is 10.2 Å². The van der Waals surface area contributed by atoms with Gasteiger partial charge in [0.1, 0.15) is 0 Å². The van der Waals surface area contributed by atoms with Gasteiger partial charge in [-0.2, -0.15) is 0 Å². The Hall–Kier alpha value is -1.81. The molecule has 0 saturated carbocycles. The van der Waals surface area contributed by atoms with Gasteiger partial charge in [-0.1, -0.05) is 6.07 Å². The molecule has 7 nitrogen and oxygen atoms in total. The average molecular weight is 395 g/mol. The van der Waals surface area contributed by atoms with Crippen LogP contribution < -0.4 is 10.0 Å². The molecule has 140 valence electrons. The number of sulfonamides is 1. The summed E-state index contributed by atoms with van der Waals surface area (Å²) in [6, 6.07) is 7.54. The van der Waals surface area contributed by atoms with Crippen molar-refractivity contribution in [3.8, 4) is 0 Å². The Morgan fingerprint density at radius 3 is 3.00 bits per heavy atom. The van der Waals surface area contributed by atoms with E-state index in [1.807, 2.05) is 29.2 Å². The van der Waals surface area contributed by atoms with Crippen LogP contribution >= 0.6 is 11.3 Å². The molecule has 0 radical (unpaired) electrons. The first-order valence-electron chi connectivity index (χ1n) is 8.39. The second-order valence-corrected chi connectivity index (χ2v) is 9.19. The lowest BCUT2D eigenvalue weighted by Crippen LogP contribution is -2.48. The van der Waals surface area contributed by atoms with Crippen molar-refractivity contribution in [2.45, 2.75) is 12.5 Å². The third-order valence-electron chi connectivity index (χ3n) is 4.18. The first kappa shape index (κ1) is 19.0. The normalized spacial score (nSPS) is 18.0. The van der Waals surface area contributed by atoms with Crippen molar-refractivity contribution in [2.24, 2.45) is 0 Å². The maximum absolute atomic E-state index is 13.0. The highest BCUT2D eigenvalue weighted by molar-refractivity contribution is 7.88. The predicted molar refractivity (Wildman–Crippen MR) is 102 cm³/mol. The van der Waals surface area contributed by atoms with E-state index in [-0.39, 0.29) is 11.9 Å². The quantitative estimate of drug-likeness (QED) is 0.763. The molecule has 2 aromatic rings. The minimum absolute atomic E-state index is 0.00711. The first-order chi connectivity index (χ1) is 12.4. The molecule has 0 bridgehead atoms. The maximum Gasteiger partial charge on any atom is 0.264 e. The zero-order chi connectivity index (χ0) is 18.6. The summed E-state index contributed by atoms with van der Waals surface area (Å²) < 4.78 is 24.7. The smallest absolute Gasteiger partial charge is 0.264 e. The SMILES string of the molecule is CS(=O)(=O)NCCc1ccc(C(=O)N2CCNCC2c2cccnc2)s1. The van der Waals surface area contributed by atoms with Gasteiger partial charge >= 0.3 is 0 Å². The summed E-state index contributed by atoms with van der Waals surface area (Å²) in [5.41, 5.74) is 1.02. The van der Waals surface area contributed by atoms with E-state index in [1.165, 1.54) is 11.3 Å². The van der Waals surface area contributed by atoms with Gasteiger partial charge in [-0.25, -0.2) is 13.1 Å². The number of hydrogen-bond donors (Lipinski definition) is 2. The van der Waals surface area contributed by atoms with E-state index in [0.29, 0.717) is 30.9 Å². The molecule has 1 saturated heterocycles. The van der Waals surface area contributed by atoms with Crippen LogP contribution in [0.4, 0.5) is 0 Å². The summed E-state index contributed by atoms with van der Waals surface area (Å²) in [7, 11) is -3.19. The van der Waals surface area contributed by atoms with Gasteiger partial charge in [-0.3, -0.25) is 9.78 Å². The Labute approximate surface area is 157 Å². The largest absolute Gasteiger partial charge is 0.328 e. The van der Waals surface area contributed by atoms with Gasteiger partial charge in [0, 0.05) is 43.4 Å². The van der Waals surface area contributed by atoms with Crippen molar-refractivity contribution in [3.05, 3.63) is 52.0 Å². The number of thiophene rings is 1. The van der Waals surface area contributed by atoms with Gasteiger partial charge in [-0.05, 0) is 30.2 Å². The first-order valence-corrected chi connectivity index (χ1v) is 11.1.